The van der Waals surface area contributed by atoms with Crippen molar-refractivity contribution in [1.82, 2.24) is 0 Å². The molecule has 1 aliphatic rings. The predicted molar refractivity (Wildman–Crippen MR) is 60.1 cm³/mol. The normalized spacial score (nSPS) is 20.9. The van der Waals surface area contributed by atoms with Gasteiger partial charge < -0.3 is 9.47 Å². The van der Waals surface area contributed by atoms with Gasteiger partial charge in [-0.1, -0.05) is 32.9 Å². The zero-order valence-electron chi connectivity index (χ0n) is 9.62. The van der Waals surface area contributed by atoms with Crippen LogP contribution in [0.2, 0.25) is 0 Å². The van der Waals surface area contributed by atoms with E-state index in [4.69, 9.17) is 9.47 Å². The molecule has 0 saturated carbocycles. The first-order chi connectivity index (χ1) is 7.05. The second-order valence-electron chi connectivity index (χ2n) is 4.98. The largest absolute Gasteiger partial charge is 0.465 e. The van der Waals surface area contributed by atoms with Crippen molar-refractivity contribution in [3.05, 3.63) is 29.8 Å². The summed E-state index contributed by atoms with van der Waals surface area (Å²) < 4.78 is 10.8. The number of ether oxygens (including phenoxy) is 2. The van der Waals surface area contributed by atoms with Crippen LogP contribution in [0.25, 0.3) is 0 Å². The lowest BCUT2D eigenvalue weighted by molar-refractivity contribution is -0.165. The van der Waals surface area contributed by atoms with Gasteiger partial charge in [-0.3, -0.25) is 0 Å². The van der Waals surface area contributed by atoms with Crippen molar-refractivity contribution in [3.8, 4) is 5.75 Å². The highest BCUT2D eigenvalue weighted by molar-refractivity contribution is 5.31. The van der Waals surface area contributed by atoms with E-state index >= 15 is 0 Å². The van der Waals surface area contributed by atoms with E-state index in [1.165, 1.54) is 5.56 Å². The Morgan fingerprint density at radius 1 is 1.20 bits per heavy atom. The third-order valence-corrected chi connectivity index (χ3v) is 2.65. The lowest BCUT2D eigenvalue weighted by atomic mass is 9.87. The van der Waals surface area contributed by atoms with Crippen LogP contribution in [-0.2, 0) is 10.2 Å². The number of rotatable bonds is 2. The van der Waals surface area contributed by atoms with Gasteiger partial charge in [-0.15, -0.1) is 0 Å². The number of hydrogen-bond acceptors (Lipinski definition) is 2. The maximum atomic E-state index is 5.60. The van der Waals surface area contributed by atoms with Crippen molar-refractivity contribution >= 4 is 0 Å². The summed E-state index contributed by atoms with van der Waals surface area (Å²) in [6, 6.07) is 8.27. The number of benzene rings is 1. The van der Waals surface area contributed by atoms with Gasteiger partial charge in [0.2, 0.25) is 6.29 Å². The molecule has 0 aromatic heterocycles. The maximum Gasteiger partial charge on any atom is 0.202 e. The van der Waals surface area contributed by atoms with E-state index in [1.807, 2.05) is 12.1 Å². The van der Waals surface area contributed by atoms with Crippen LogP contribution < -0.4 is 4.74 Å². The van der Waals surface area contributed by atoms with Gasteiger partial charge in [0.15, 0.2) is 0 Å². The van der Waals surface area contributed by atoms with E-state index in [1.54, 1.807) is 0 Å². The molecule has 1 aliphatic heterocycles. The standard InChI is InChI=1S/C13H18O2/c1-13(2,3)10-4-6-11(7-5-10)15-12-8-9-14-12/h4-7,12H,8-9H2,1-3H3/t12-/m0/s1. The van der Waals surface area contributed by atoms with Crippen molar-refractivity contribution in [3.63, 3.8) is 0 Å². The van der Waals surface area contributed by atoms with Crippen LogP contribution in [0.3, 0.4) is 0 Å². The summed E-state index contributed by atoms with van der Waals surface area (Å²) in [5, 5.41) is 0. The van der Waals surface area contributed by atoms with E-state index in [2.05, 4.69) is 32.9 Å². The molecular formula is C13H18O2. The Kier molecular flexibility index (Phi) is 2.70. The second kappa shape index (κ2) is 3.86. The summed E-state index contributed by atoms with van der Waals surface area (Å²) in [6.45, 7) is 7.44. The molecule has 0 aliphatic carbocycles. The van der Waals surface area contributed by atoms with E-state index in [9.17, 15) is 0 Å². The maximum absolute atomic E-state index is 5.60. The smallest absolute Gasteiger partial charge is 0.202 e. The molecule has 0 N–H and O–H groups in total. The van der Waals surface area contributed by atoms with Gasteiger partial charge in [0.05, 0.1) is 6.61 Å². The molecule has 1 aromatic carbocycles. The average Bonchev–Trinajstić information content (AvgIpc) is 2.11. The molecular weight excluding hydrogens is 188 g/mol. The Bertz CT molecular complexity index is 317. The first kappa shape index (κ1) is 10.5. The number of hydrogen-bond donors (Lipinski definition) is 0. The fourth-order valence-corrected chi connectivity index (χ4v) is 1.49. The molecule has 15 heavy (non-hydrogen) atoms. The molecule has 1 heterocycles. The zero-order valence-corrected chi connectivity index (χ0v) is 9.62. The quantitative estimate of drug-likeness (QED) is 0.740. The molecule has 2 rings (SSSR count). The van der Waals surface area contributed by atoms with Gasteiger partial charge in [0, 0.05) is 6.42 Å². The Morgan fingerprint density at radius 3 is 2.20 bits per heavy atom. The van der Waals surface area contributed by atoms with Crippen molar-refractivity contribution in [2.24, 2.45) is 0 Å². The van der Waals surface area contributed by atoms with Crippen LogP contribution in [0.5, 0.6) is 5.75 Å². The van der Waals surface area contributed by atoms with Crippen molar-refractivity contribution < 1.29 is 9.47 Å². The molecule has 0 amide bonds. The molecule has 1 fully saturated rings. The Hall–Kier alpha value is -1.02. The third kappa shape index (κ3) is 2.51. The van der Waals surface area contributed by atoms with Gasteiger partial charge in [-0.2, -0.15) is 0 Å². The molecule has 2 nitrogen and oxygen atoms in total. The topological polar surface area (TPSA) is 18.5 Å². The van der Waals surface area contributed by atoms with Crippen LogP contribution in [0.1, 0.15) is 32.8 Å². The first-order valence-electron chi connectivity index (χ1n) is 5.44. The van der Waals surface area contributed by atoms with Crippen molar-refractivity contribution in [2.75, 3.05) is 6.61 Å². The van der Waals surface area contributed by atoms with Gasteiger partial charge >= 0.3 is 0 Å². The first-order valence-corrected chi connectivity index (χ1v) is 5.44. The predicted octanol–water partition coefficient (Wildman–Crippen LogP) is 3.11. The second-order valence-corrected chi connectivity index (χ2v) is 4.98. The Labute approximate surface area is 91.2 Å². The molecule has 0 spiro atoms. The minimum absolute atomic E-state index is 0.0227. The highest BCUT2D eigenvalue weighted by Crippen LogP contribution is 2.25. The summed E-state index contributed by atoms with van der Waals surface area (Å²) in [5.74, 6) is 0.896. The third-order valence-electron chi connectivity index (χ3n) is 2.65. The van der Waals surface area contributed by atoms with E-state index in [-0.39, 0.29) is 11.7 Å². The minimum atomic E-state index is -0.0227. The van der Waals surface area contributed by atoms with E-state index in [0.29, 0.717) is 0 Å². The zero-order chi connectivity index (χ0) is 10.9. The molecule has 1 saturated heterocycles. The molecule has 0 unspecified atom stereocenters. The summed E-state index contributed by atoms with van der Waals surface area (Å²) in [4.78, 5) is 0. The molecule has 1 aromatic rings. The van der Waals surface area contributed by atoms with Crippen LogP contribution in [0.15, 0.2) is 24.3 Å². The average molecular weight is 206 g/mol. The van der Waals surface area contributed by atoms with Crippen LogP contribution in [-0.4, -0.2) is 12.9 Å². The molecule has 0 radical (unpaired) electrons. The van der Waals surface area contributed by atoms with Gasteiger partial charge in [0.1, 0.15) is 5.75 Å². The van der Waals surface area contributed by atoms with Crippen molar-refractivity contribution in [2.45, 2.75) is 38.9 Å². The summed E-state index contributed by atoms with van der Waals surface area (Å²) in [5.41, 5.74) is 1.52. The fourth-order valence-electron chi connectivity index (χ4n) is 1.49. The molecule has 1 atom stereocenters. The molecule has 82 valence electrons. The van der Waals surface area contributed by atoms with Crippen LogP contribution >= 0.6 is 0 Å². The van der Waals surface area contributed by atoms with Crippen LogP contribution in [0.4, 0.5) is 0 Å². The molecule has 0 bridgehead atoms. The highest BCUT2D eigenvalue weighted by Gasteiger charge is 2.20. The SMILES string of the molecule is CC(C)(C)c1ccc(O[C@H]2CCO2)cc1. The Balaban J connectivity index is 2.03. The van der Waals surface area contributed by atoms with E-state index < -0.39 is 0 Å². The van der Waals surface area contributed by atoms with Gasteiger partial charge in [-0.25, -0.2) is 0 Å². The van der Waals surface area contributed by atoms with Gasteiger partial charge in [-0.05, 0) is 23.1 Å². The lowest BCUT2D eigenvalue weighted by Gasteiger charge is -2.27. The molecule has 2 heteroatoms. The fraction of sp³-hybridized carbons (Fsp3) is 0.538. The van der Waals surface area contributed by atoms with Crippen LogP contribution in [0, 0.1) is 0 Å². The lowest BCUT2D eigenvalue weighted by Crippen LogP contribution is -2.32. The van der Waals surface area contributed by atoms with Crippen molar-refractivity contribution in [1.29, 1.82) is 0 Å². The highest BCUT2D eigenvalue weighted by atomic mass is 16.7. The van der Waals surface area contributed by atoms with Gasteiger partial charge in [0.25, 0.3) is 0 Å². The monoisotopic (exact) mass is 206 g/mol. The summed E-state index contributed by atoms with van der Waals surface area (Å²) >= 11 is 0. The summed E-state index contributed by atoms with van der Waals surface area (Å²) in [7, 11) is 0. The minimum Gasteiger partial charge on any atom is -0.465 e. The summed E-state index contributed by atoms with van der Waals surface area (Å²) in [6.07, 6.45) is 0.978. The van der Waals surface area contributed by atoms with E-state index in [0.717, 1.165) is 18.8 Å². The Morgan fingerprint density at radius 2 is 1.80 bits per heavy atom.